The van der Waals surface area contributed by atoms with E-state index in [4.69, 9.17) is 5.11 Å². The molecule has 104 valence electrons. The van der Waals surface area contributed by atoms with Crippen LogP contribution in [0.25, 0.3) is 0 Å². The number of amides is 1. The van der Waals surface area contributed by atoms with Crippen LogP contribution in [0.2, 0.25) is 0 Å². The van der Waals surface area contributed by atoms with Crippen molar-refractivity contribution in [3.63, 3.8) is 0 Å². The van der Waals surface area contributed by atoms with E-state index in [0.717, 1.165) is 25.7 Å². The summed E-state index contributed by atoms with van der Waals surface area (Å²) in [5.41, 5.74) is -0.0990. The first-order chi connectivity index (χ1) is 9.06. The summed E-state index contributed by atoms with van der Waals surface area (Å²) >= 11 is 0. The molecule has 1 aromatic heterocycles. The third-order valence-corrected chi connectivity index (χ3v) is 2.87. The lowest BCUT2D eigenvalue weighted by Gasteiger charge is -2.14. The van der Waals surface area contributed by atoms with E-state index in [9.17, 15) is 9.59 Å². The summed E-state index contributed by atoms with van der Waals surface area (Å²) in [6, 6.07) is 2.90. The van der Waals surface area contributed by atoms with Crippen LogP contribution in [0.1, 0.15) is 60.4 Å². The van der Waals surface area contributed by atoms with Crippen molar-refractivity contribution in [2.24, 2.45) is 0 Å². The number of aromatic carboxylic acids is 1. The highest BCUT2D eigenvalue weighted by Crippen LogP contribution is 2.07. The topological polar surface area (TPSA) is 79.3 Å². The molecule has 1 heterocycles. The molecule has 0 saturated carbocycles. The standard InChI is InChI=1S/C14H20N2O3/c1-3-4-5-7-10(2)16-13(17)12-11(14(18)19)8-6-9-15-12/h6,8-10H,3-5,7H2,1-2H3,(H,16,17)(H,18,19). The molecule has 0 saturated heterocycles. The van der Waals surface area contributed by atoms with Crippen molar-refractivity contribution in [1.82, 2.24) is 10.3 Å². The number of nitrogens with zero attached hydrogens (tertiary/aromatic N) is 1. The largest absolute Gasteiger partial charge is 0.478 e. The van der Waals surface area contributed by atoms with E-state index in [1.54, 1.807) is 0 Å². The molecule has 1 unspecified atom stereocenters. The van der Waals surface area contributed by atoms with Gasteiger partial charge in [-0.25, -0.2) is 4.79 Å². The predicted octanol–water partition coefficient (Wildman–Crippen LogP) is 2.48. The van der Waals surface area contributed by atoms with Gasteiger partial charge in [0.1, 0.15) is 5.69 Å². The van der Waals surface area contributed by atoms with E-state index >= 15 is 0 Å². The van der Waals surface area contributed by atoms with Crippen LogP contribution in [0.4, 0.5) is 0 Å². The molecule has 0 radical (unpaired) electrons. The third kappa shape index (κ3) is 4.69. The molecule has 1 aromatic rings. The summed E-state index contributed by atoms with van der Waals surface area (Å²) in [5, 5.41) is 11.8. The van der Waals surface area contributed by atoms with Crippen molar-refractivity contribution in [3.8, 4) is 0 Å². The fourth-order valence-electron chi connectivity index (χ4n) is 1.82. The number of rotatable bonds is 7. The van der Waals surface area contributed by atoms with Gasteiger partial charge in [-0.3, -0.25) is 9.78 Å². The smallest absolute Gasteiger partial charge is 0.338 e. The molecule has 0 aromatic carbocycles. The van der Waals surface area contributed by atoms with Crippen molar-refractivity contribution >= 4 is 11.9 Å². The first kappa shape index (κ1) is 15.1. The highest BCUT2D eigenvalue weighted by Gasteiger charge is 2.18. The highest BCUT2D eigenvalue weighted by atomic mass is 16.4. The summed E-state index contributed by atoms with van der Waals surface area (Å²) in [6.07, 6.45) is 5.61. The molecule has 1 atom stereocenters. The van der Waals surface area contributed by atoms with Crippen LogP contribution in [0.5, 0.6) is 0 Å². The van der Waals surface area contributed by atoms with Gasteiger partial charge in [0.15, 0.2) is 0 Å². The number of nitrogens with one attached hydrogen (secondary N) is 1. The van der Waals surface area contributed by atoms with Crippen LogP contribution < -0.4 is 5.32 Å². The minimum Gasteiger partial charge on any atom is -0.478 e. The molecule has 5 heteroatoms. The predicted molar refractivity (Wildman–Crippen MR) is 72.3 cm³/mol. The lowest BCUT2D eigenvalue weighted by molar-refractivity contribution is 0.0689. The lowest BCUT2D eigenvalue weighted by Crippen LogP contribution is -2.34. The van der Waals surface area contributed by atoms with Crippen LogP contribution in [0.15, 0.2) is 18.3 Å². The van der Waals surface area contributed by atoms with Crippen LogP contribution in [-0.2, 0) is 0 Å². The molecule has 0 aliphatic heterocycles. The van der Waals surface area contributed by atoms with Gasteiger partial charge in [0.2, 0.25) is 0 Å². The number of pyridine rings is 1. The fourth-order valence-corrected chi connectivity index (χ4v) is 1.82. The van der Waals surface area contributed by atoms with Crippen LogP contribution in [0.3, 0.4) is 0 Å². The minimum absolute atomic E-state index is 0.0164. The first-order valence-electron chi connectivity index (χ1n) is 6.55. The Hall–Kier alpha value is -1.91. The molecular formula is C14H20N2O3. The Morgan fingerprint density at radius 3 is 2.79 bits per heavy atom. The van der Waals surface area contributed by atoms with E-state index in [2.05, 4.69) is 17.2 Å². The Labute approximate surface area is 113 Å². The molecule has 0 aliphatic carbocycles. The van der Waals surface area contributed by atoms with Gasteiger partial charge in [-0.1, -0.05) is 26.2 Å². The van der Waals surface area contributed by atoms with Gasteiger partial charge in [-0.2, -0.15) is 0 Å². The normalized spacial score (nSPS) is 11.9. The Balaban J connectivity index is 2.65. The van der Waals surface area contributed by atoms with Crippen LogP contribution in [-0.4, -0.2) is 28.0 Å². The second kappa shape index (κ2) is 7.51. The number of carboxylic acid groups (broad SMARTS) is 1. The fraction of sp³-hybridized carbons (Fsp3) is 0.500. The van der Waals surface area contributed by atoms with Gasteiger partial charge in [0.05, 0.1) is 5.56 Å². The number of carbonyl (C=O) groups excluding carboxylic acids is 1. The zero-order valence-corrected chi connectivity index (χ0v) is 11.3. The Morgan fingerprint density at radius 1 is 1.42 bits per heavy atom. The average Bonchev–Trinajstić information content (AvgIpc) is 2.39. The number of hydrogen-bond donors (Lipinski definition) is 2. The molecule has 0 bridgehead atoms. The third-order valence-electron chi connectivity index (χ3n) is 2.87. The van der Waals surface area contributed by atoms with Gasteiger partial charge < -0.3 is 10.4 Å². The lowest BCUT2D eigenvalue weighted by atomic mass is 10.1. The van der Waals surface area contributed by atoms with Crippen molar-refractivity contribution in [3.05, 3.63) is 29.6 Å². The number of carboxylic acids is 1. The monoisotopic (exact) mass is 264 g/mol. The maximum Gasteiger partial charge on any atom is 0.338 e. The molecule has 5 nitrogen and oxygen atoms in total. The van der Waals surface area contributed by atoms with Crippen molar-refractivity contribution in [2.45, 2.75) is 45.6 Å². The second-order valence-electron chi connectivity index (χ2n) is 4.58. The average molecular weight is 264 g/mol. The molecule has 2 N–H and O–H groups in total. The van der Waals surface area contributed by atoms with Crippen LogP contribution >= 0.6 is 0 Å². The quantitative estimate of drug-likeness (QED) is 0.741. The summed E-state index contributed by atoms with van der Waals surface area (Å²) in [5.74, 6) is -1.57. The molecular weight excluding hydrogens is 244 g/mol. The maximum absolute atomic E-state index is 12.0. The number of unbranched alkanes of at least 4 members (excludes halogenated alkanes) is 2. The summed E-state index contributed by atoms with van der Waals surface area (Å²) in [7, 11) is 0. The summed E-state index contributed by atoms with van der Waals surface area (Å²) in [4.78, 5) is 26.8. The molecule has 0 aliphatic rings. The Bertz CT molecular complexity index is 446. The zero-order chi connectivity index (χ0) is 14.3. The van der Waals surface area contributed by atoms with Crippen molar-refractivity contribution in [1.29, 1.82) is 0 Å². The molecule has 1 rings (SSSR count). The van der Waals surface area contributed by atoms with E-state index in [0.29, 0.717) is 0 Å². The SMILES string of the molecule is CCCCCC(C)NC(=O)c1ncccc1C(=O)O. The van der Waals surface area contributed by atoms with Crippen LogP contribution in [0, 0.1) is 0 Å². The van der Waals surface area contributed by atoms with E-state index in [1.165, 1.54) is 18.3 Å². The van der Waals surface area contributed by atoms with Gasteiger partial charge >= 0.3 is 5.97 Å². The van der Waals surface area contributed by atoms with E-state index < -0.39 is 11.9 Å². The Morgan fingerprint density at radius 2 is 2.16 bits per heavy atom. The molecule has 1 amide bonds. The number of carbonyl (C=O) groups is 2. The molecule has 0 fully saturated rings. The van der Waals surface area contributed by atoms with Gasteiger partial charge in [0, 0.05) is 12.2 Å². The minimum atomic E-state index is -1.14. The molecule has 19 heavy (non-hydrogen) atoms. The second-order valence-corrected chi connectivity index (χ2v) is 4.58. The maximum atomic E-state index is 12.0. The molecule has 0 spiro atoms. The van der Waals surface area contributed by atoms with E-state index in [1.807, 2.05) is 6.92 Å². The summed E-state index contributed by atoms with van der Waals surface area (Å²) in [6.45, 7) is 4.03. The van der Waals surface area contributed by atoms with E-state index in [-0.39, 0.29) is 17.3 Å². The van der Waals surface area contributed by atoms with Gasteiger partial charge in [0.25, 0.3) is 5.91 Å². The van der Waals surface area contributed by atoms with Crippen molar-refractivity contribution < 1.29 is 14.7 Å². The van der Waals surface area contributed by atoms with Gasteiger partial charge in [-0.05, 0) is 25.5 Å². The van der Waals surface area contributed by atoms with Crippen molar-refractivity contribution in [2.75, 3.05) is 0 Å². The Kier molecular flexibility index (Phi) is 5.99. The number of hydrogen-bond acceptors (Lipinski definition) is 3. The number of aromatic nitrogens is 1. The first-order valence-corrected chi connectivity index (χ1v) is 6.55. The van der Waals surface area contributed by atoms with Gasteiger partial charge in [-0.15, -0.1) is 0 Å². The summed E-state index contributed by atoms with van der Waals surface area (Å²) < 4.78 is 0. The zero-order valence-electron chi connectivity index (χ0n) is 11.3. The highest BCUT2D eigenvalue weighted by molar-refractivity contribution is 6.03.